The van der Waals surface area contributed by atoms with E-state index in [4.69, 9.17) is 9.94 Å². The fraction of sp³-hybridized carbons (Fsp3) is 0.391. The Balaban J connectivity index is 1.19. The number of amides is 1. The topological polar surface area (TPSA) is 96.0 Å². The molecule has 9 nitrogen and oxygen atoms in total. The van der Waals surface area contributed by atoms with Gasteiger partial charge in [0.15, 0.2) is 0 Å². The van der Waals surface area contributed by atoms with Crippen LogP contribution in [0.2, 0.25) is 0 Å². The molecule has 0 bridgehead atoms. The highest BCUT2D eigenvalue weighted by atomic mass is 16.7. The monoisotopic (exact) mass is 437 g/mol. The number of benzene rings is 1. The first kappa shape index (κ1) is 20.4. The molecular weight excluding hydrogens is 410 g/mol. The van der Waals surface area contributed by atoms with E-state index in [1.54, 1.807) is 4.90 Å². The normalized spacial score (nSPS) is 20.6. The van der Waals surface area contributed by atoms with Crippen molar-refractivity contribution in [2.24, 2.45) is 18.9 Å². The van der Waals surface area contributed by atoms with Crippen LogP contribution in [0.15, 0.2) is 42.5 Å². The molecule has 3 aromatic rings. The van der Waals surface area contributed by atoms with Gasteiger partial charge < -0.3 is 20.0 Å². The Labute approximate surface area is 186 Å². The van der Waals surface area contributed by atoms with Crippen molar-refractivity contribution in [1.82, 2.24) is 24.3 Å². The molecule has 2 aliphatic heterocycles. The van der Waals surface area contributed by atoms with Crippen LogP contribution in [-0.4, -0.2) is 66.8 Å². The first-order valence-electron chi connectivity index (χ1n) is 10.8. The molecule has 2 fully saturated rings. The fourth-order valence-electron chi connectivity index (χ4n) is 4.83. The van der Waals surface area contributed by atoms with E-state index < -0.39 is 6.09 Å². The first-order chi connectivity index (χ1) is 15.4. The Bertz CT molecular complexity index is 1120. The van der Waals surface area contributed by atoms with Gasteiger partial charge >= 0.3 is 6.09 Å². The minimum atomic E-state index is -0.567. The average molecular weight is 438 g/mol. The summed E-state index contributed by atoms with van der Waals surface area (Å²) in [5, 5.41) is 24.0. The molecule has 2 unspecified atom stereocenters. The lowest BCUT2D eigenvalue weighted by Gasteiger charge is -2.21. The summed E-state index contributed by atoms with van der Waals surface area (Å²) in [6, 6.07) is 13.1. The highest BCUT2D eigenvalue weighted by Crippen LogP contribution is 2.33. The summed E-state index contributed by atoms with van der Waals surface area (Å²) in [6.45, 7) is 5.90. The minimum absolute atomic E-state index is 0.317. The minimum Gasteiger partial charge on any atom is -0.492 e. The zero-order valence-corrected chi connectivity index (χ0v) is 18.2. The van der Waals surface area contributed by atoms with Crippen LogP contribution < -0.4 is 4.84 Å². The maximum atomic E-state index is 12.5. The Kier molecular flexibility index (Phi) is 5.05. The van der Waals surface area contributed by atoms with Gasteiger partial charge in [0.2, 0.25) is 11.8 Å². The second-order valence-electron chi connectivity index (χ2n) is 8.83. The number of aromatic nitrogens is 3. The third-order valence-electron chi connectivity index (χ3n) is 6.46. The van der Waals surface area contributed by atoms with Crippen molar-refractivity contribution < 1.29 is 19.8 Å². The lowest BCUT2D eigenvalue weighted by Crippen LogP contribution is -2.37. The van der Waals surface area contributed by atoms with E-state index in [1.807, 2.05) is 11.7 Å². The van der Waals surface area contributed by atoms with Crippen LogP contribution in [0.25, 0.3) is 11.3 Å². The van der Waals surface area contributed by atoms with Crippen LogP contribution in [0.3, 0.4) is 0 Å². The van der Waals surface area contributed by atoms with E-state index in [-0.39, 0.29) is 11.8 Å². The van der Waals surface area contributed by atoms with E-state index in [2.05, 4.69) is 42.2 Å². The van der Waals surface area contributed by atoms with Gasteiger partial charge in [-0.15, -0.1) is 4.73 Å². The first-order valence-corrected chi connectivity index (χ1v) is 10.8. The highest BCUT2D eigenvalue weighted by molar-refractivity contribution is 5.68. The number of aromatic hydroxyl groups is 2. The second-order valence-corrected chi connectivity index (χ2v) is 8.83. The van der Waals surface area contributed by atoms with Crippen molar-refractivity contribution in [2.75, 3.05) is 26.2 Å². The maximum absolute atomic E-state index is 12.5. The van der Waals surface area contributed by atoms with Gasteiger partial charge in [-0.05, 0) is 30.9 Å². The third-order valence-corrected chi connectivity index (χ3v) is 6.46. The maximum Gasteiger partial charge on any atom is 0.434 e. The number of likely N-dealkylation sites (tertiary alicyclic amines) is 2. The third kappa shape index (κ3) is 3.80. The summed E-state index contributed by atoms with van der Waals surface area (Å²) in [5.41, 5.74) is 4.48. The number of hydrogen-bond acceptors (Lipinski definition) is 6. The highest BCUT2D eigenvalue weighted by Gasteiger charge is 2.42. The molecule has 2 aromatic heterocycles. The van der Waals surface area contributed by atoms with Gasteiger partial charge in [-0.3, -0.25) is 9.58 Å². The SMILES string of the molecule is Cc1cccc(-c2cc(CN3CC4CN(C(=O)On5c(O)ccc5O)CC4C3)n(C)n2)c1. The smallest absolute Gasteiger partial charge is 0.434 e. The molecular formula is C23H27N5O4. The summed E-state index contributed by atoms with van der Waals surface area (Å²) >= 11 is 0. The molecule has 2 saturated heterocycles. The number of fused-ring (bicyclic) bond motifs is 1. The molecule has 0 spiro atoms. The molecule has 168 valence electrons. The van der Waals surface area contributed by atoms with E-state index in [0.29, 0.717) is 24.9 Å². The Hall–Kier alpha value is -3.46. The molecule has 2 atom stereocenters. The number of aryl methyl sites for hydroxylation is 2. The van der Waals surface area contributed by atoms with Gasteiger partial charge in [-0.2, -0.15) is 5.10 Å². The van der Waals surface area contributed by atoms with Crippen molar-refractivity contribution in [3.05, 3.63) is 53.7 Å². The number of hydrogen-bond donors (Lipinski definition) is 2. The van der Waals surface area contributed by atoms with E-state index >= 15 is 0 Å². The number of carbonyl (C=O) groups excluding carboxylic acids is 1. The van der Waals surface area contributed by atoms with Crippen molar-refractivity contribution >= 4 is 6.09 Å². The van der Waals surface area contributed by atoms with Crippen molar-refractivity contribution in [3.63, 3.8) is 0 Å². The van der Waals surface area contributed by atoms with Crippen LogP contribution in [0, 0.1) is 18.8 Å². The molecule has 1 aromatic carbocycles. The Morgan fingerprint density at radius 2 is 1.75 bits per heavy atom. The van der Waals surface area contributed by atoms with E-state index in [1.165, 1.54) is 17.7 Å². The molecule has 0 saturated carbocycles. The van der Waals surface area contributed by atoms with E-state index in [0.717, 1.165) is 41.3 Å². The predicted molar refractivity (Wildman–Crippen MR) is 117 cm³/mol. The molecule has 5 rings (SSSR count). The molecule has 2 aliphatic rings. The Morgan fingerprint density at radius 3 is 2.41 bits per heavy atom. The quantitative estimate of drug-likeness (QED) is 0.650. The Morgan fingerprint density at radius 1 is 1.06 bits per heavy atom. The van der Waals surface area contributed by atoms with Crippen LogP contribution >= 0.6 is 0 Å². The molecule has 4 heterocycles. The van der Waals surface area contributed by atoms with Crippen molar-refractivity contribution in [1.29, 1.82) is 0 Å². The molecule has 32 heavy (non-hydrogen) atoms. The lowest BCUT2D eigenvalue weighted by molar-refractivity contribution is 0.0773. The van der Waals surface area contributed by atoms with Crippen molar-refractivity contribution in [2.45, 2.75) is 13.5 Å². The summed E-state index contributed by atoms with van der Waals surface area (Å²) < 4.78 is 2.68. The molecule has 1 amide bonds. The molecule has 2 N–H and O–H groups in total. The standard InChI is InChI=1S/C23H27N5O4/c1-15-4-3-5-16(8-15)20-9-19(25(2)24-20)14-26-10-17-12-27(13-18(17)11-26)23(31)32-28-21(29)6-7-22(28)30/h3-9,17-18,29-30H,10-14H2,1-2H3. The van der Waals surface area contributed by atoms with Gasteiger partial charge in [-0.25, -0.2) is 4.79 Å². The fourth-order valence-corrected chi connectivity index (χ4v) is 4.83. The number of carbonyl (C=O) groups is 1. The summed E-state index contributed by atoms with van der Waals surface area (Å²) in [5.74, 6) is 0.114. The van der Waals surface area contributed by atoms with Crippen LogP contribution in [0.1, 0.15) is 11.3 Å². The summed E-state index contributed by atoms with van der Waals surface area (Å²) in [4.78, 5) is 21.7. The van der Waals surface area contributed by atoms with Crippen LogP contribution in [-0.2, 0) is 13.6 Å². The molecule has 9 heteroatoms. The second kappa shape index (κ2) is 7.90. The average Bonchev–Trinajstić information content (AvgIpc) is 3.49. The van der Waals surface area contributed by atoms with Gasteiger partial charge in [-0.1, -0.05) is 23.8 Å². The number of nitrogens with zero attached hydrogens (tertiary/aromatic N) is 5. The number of rotatable bonds is 4. The van der Waals surface area contributed by atoms with Gasteiger partial charge in [0.05, 0.1) is 11.4 Å². The largest absolute Gasteiger partial charge is 0.492 e. The van der Waals surface area contributed by atoms with Gasteiger partial charge in [0.25, 0.3) is 0 Å². The van der Waals surface area contributed by atoms with Crippen LogP contribution in [0.5, 0.6) is 11.8 Å². The summed E-state index contributed by atoms with van der Waals surface area (Å²) in [6.07, 6.45) is -0.567. The van der Waals surface area contributed by atoms with Crippen LogP contribution in [0.4, 0.5) is 4.79 Å². The zero-order valence-electron chi connectivity index (χ0n) is 18.2. The zero-order chi connectivity index (χ0) is 22.4. The summed E-state index contributed by atoms with van der Waals surface area (Å²) in [7, 11) is 1.98. The van der Waals surface area contributed by atoms with E-state index in [9.17, 15) is 15.0 Å². The van der Waals surface area contributed by atoms with Gasteiger partial charge in [0, 0.05) is 57.5 Å². The van der Waals surface area contributed by atoms with Gasteiger partial charge in [0.1, 0.15) is 0 Å². The predicted octanol–water partition coefficient (Wildman–Crippen LogP) is 2.22. The molecule has 0 aliphatic carbocycles. The molecule has 0 radical (unpaired) electrons. The van der Waals surface area contributed by atoms with Crippen molar-refractivity contribution in [3.8, 4) is 23.0 Å². The lowest BCUT2D eigenvalue weighted by atomic mass is 10.0.